The summed E-state index contributed by atoms with van der Waals surface area (Å²) in [6.45, 7) is -0.552. The molecule has 0 saturated heterocycles. The Morgan fingerprint density at radius 3 is 2.40 bits per heavy atom. The first kappa shape index (κ1) is 6.86. The van der Waals surface area contributed by atoms with Gasteiger partial charge in [-0.05, 0) is 24.3 Å². The highest BCUT2D eigenvalue weighted by molar-refractivity contribution is 5.50. The lowest BCUT2D eigenvalue weighted by atomic mass is 10.3. The van der Waals surface area contributed by atoms with Gasteiger partial charge in [-0.3, -0.25) is 0 Å². The fraction of sp³-hybridized carbons (Fsp3) is 0.143. The average Bonchev–Trinajstić information content (AvgIpc) is 1.95. The molecule has 1 rings (SSSR count). The molecule has 0 unspecified atom stereocenters. The summed E-state index contributed by atoms with van der Waals surface area (Å²) in [5.74, 6) is 0. The fourth-order valence-electron chi connectivity index (χ4n) is 0.678. The van der Waals surface area contributed by atoms with Crippen molar-refractivity contribution in [2.75, 3.05) is 17.8 Å². The summed E-state index contributed by atoms with van der Waals surface area (Å²) >= 11 is 0. The van der Waals surface area contributed by atoms with Crippen molar-refractivity contribution in [1.82, 2.24) is 0 Å². The first-order valence-corrected chi connectivity index (χ1v) is 2.98. The number of rotatable bonds is 2. The summed E-state index contributed by atoms with van der Waals surface area (Å²) in [6.07, 6.45) is 0. The molecule has 1 aromatic rings. The summed E-state index contributed by atoms with van der Waals surface area (Å²) in [5, 5.41) is 2.51. The smallest absolute Gasteiger partial charge is 0.159 e. The summed E-state index contributed by atoms with van der Waals surface area (Å²) in [5.41, 5.74) is 6.83. The Labute approximate surface area is 58.9 Å². The quantitative estimate of drug-likeness (QED) is 0.483. The molecule has 1 aromatic carbocycles. The van der Waals surface area contributed by atoms with E-state index in [1.165, 1.54) is 0 Å². The summed E-state index contributed by atoms with van der Waals surface area (Å²) < 4.78 is 11.6. The molecule has 0 heterocycles. The van der Waals surface area contributed by atoms with Gasteiger partial charge in [0.05, 0.1) is 0 Å². The molecule has 0 aliphatic carbocycles. The van der Waals surface area contributed by atoms with Gasteiger partial charge in [0.25, 0.3) is 0 Å². The monoisotopic (exact) mass is 140 g/mol. The van der Waals surface area contributed by atoms with Gasteiger partial charge in [-0.1, -0.05) is 0 Å². The minimum Gasteiger partial charge on any atom is -0.399 e. The van der Waals surface area contributed by atoms with Gasteiger partial charge in [0.1, 0.15) is 0 Å². The first-order chi connectivity index (χ1) is 4.83. The Bertz CT molecular complexity index is 195. The molecule has 0 radical (unpaired) electrons. The number of benzene rings is 1. The van der Waals surface area contributed by atoms with Crippen LogP contribution in [0.5, 0.6) is 0 Å². The largest absolute Gasteiger partial charge is 0.399 e. The third-order valence-electron chi connectivity index (χ3n) is 1.18. The first-order valence-electron chi connectivity index (χ1n) is 2.98. The highest BCUT2D eigenvalue weighted by Gasteiger charge is 1.87. The third kappa shape index (κ3) is 1.62. The van der Waals surface area contributed by atoms with E-state index in [9.17, 15) is 4.39 Å². The predicted molar refractivity (Wildman–Crippen MR) is 40.5 cm³/mol. The van der Waals surface area contributed by atoms with Gasteiger partial charge in [-0.2, -0.15) is 0 Å². The van der Waals surface area contributed by atoms with Crippen molar-refractivity contribution in [3.8, 4) is 0 Å². The number of nitrogen functional groups attached to an aromatic ring is 1. The van der Waals surface area contributed by atoms with Crippen molar-refractivity contribution in [2.45, 2.75) is 0 Å². The molecule has 3 N–H and O–H groups in total. The molecule has 0 bridgehead atoms. The van der Waals surface area contributed by atoms with Crippen LogP contribution >= 0.6 is 0 Å². The lowest BCUT2D eigenvalue weighted by Gasteiger charge is -1.99. The Kier molecular flexibility index (Phi) is 2.10. The zero-order valence-corrected chi connectivity index (χ0v) is 5.47. The number of alkyl halides is 1. The van der Waals surface area contributed by atoms with E-state index >= 15 is 0 Å². The molecule has 10 heavy (non-hydrogen) atoms. The van der Waals surface area contributed by atoms with E-state index in [4.69, 9.17) is 5.73 Å². The third-order valence-corrected chi connectivity index (χ3v) is 1.18. The fourth-order valence-corrected chi connectivity index (χ4v) is 0.678. The molecule has 0 aliphatic rings. The van der Waals surface area contributed by atoms with E-state index in [-0.39, 0.29) is 0 Å². The maximum absolute atomic E-state index is 11.6. The summed E-state index contributed by atoms with van der Waals surface area (Å²) in [7, 11) is 0. The second-order valence-electron chi connectivity index (χ2n) is 1.93. The predicted octanol–water partition coefficient (Wildman–Crippen LogP) is 1.61. The normalized spacial score (nSPS) is 9.30. The highest BCUT2D eigenvalue weighted by Crippen LogP contribution is 2.09. The molecule has 0 spiro atoms. The molecular weight excluding hydrogens is 131 g/mol. The van der Waals surface area contributed by atoms with Gasteiger partial charge in [0.2, 0.25) is 0 Å². The van der Waals surface area contributed by atoms with Crippen molar-refractivity contribution in [2.24, 2.45) is 0 Å². The van der Waals surface area contributed by atoms with E-state index in [2.05, 4.69) is 5.32 Å². The van der Waals surface area contributed by atoms with Crippen LogP contribution in [0.25, 0.3) is 0 Å². The highest BCUT2D eigenvalue weighted by atomic mass is 19.1. The maximum Gasteiger partial charge on any atom is 0.159 e. The Morgan fingerprint density at radius 1 is 1.30 bits per heavy atom. The van der Waals surface area contributed by atoms with Crippen molar-refractivity contribution in [3.05, 3.63) is 24.3 Å². The van der Waals surface area contributed by atoms with Crippen LogP contribution in [0, 0.1) is 0 Å². The van der Waals surface area contributed by atoms with Gasteiger partial charge in [-0.15, -0.1) is 0 Å². The molecule has 0 fully saturated rings. The maximum atomic E-state index is 11.6. The van der Waals surface area contributed by atoms with Crippen LogP contribution in [0.15, 0.2) is 24.3 Å². The van der Waals surface area contributed by atoms with Gasteiger partial charge in [-0.25, -0.2) is 4.39 Å². The average molecular weight is 140 g/mol. The van der Waals surface area contributed by atoms with Crippen molar-refractivity contribution < 1.29 is 4.39 Å². The Morgan fingerprint density at radius 2 is 1.90 bits per heavy atom. The zero-order chi connectivity index (χ0) is 7.40. The van der Waals surface area contributed by atoms with Crippen molar-refractivity contribution in [3.63, 3.8) is 0 Å². The lowest BCUT2D eigenvalue weighted by molar-refractivity contribution is 0.536. The number of halogens is 1. The standard InChI is InChI=1S/C7H9FN2/c8-5-10-7-3-1-6(9)2-4-7/h1-4,10H,5,9H2. The molecule has 54 valence electrons. The van der Waals surface area contributed by atoms with Crippen LogP contribution in [0.1, 0.15) is 0 Å². The molecular formula is C7H9FN2. The van der Waals surface area contributed by atoms with Crippen molar-refractivity contribution in [1.29, 1.82) is 0 Å². The number of nitrogens with one attached hydrogen (secondary N) is 1. The van der Waals surface area contributed by atoms with Crippen molar-refractivity contribution >= 4 is 11.4 Å². The van der Waals surface area contributed by atoms with E-state index in [0.29, 0.717) is 5.69 Å². The van der Waals surface area contributed by atoms with E-state index in [0.717, 1.165) is 5.69 Å². The second-order valence-corrected chi connectivity index (χ2v) is 1.93. The van der Waals surface area contributed by atoms with Crippen LogP contribution in [0.3, 0.4) is 0 Å². The number of anilines is 2. The summed E-state index contributed by atoms with van der Waals surface area (Å²) in [4.78, 5) is 0. The molecule has 0 aromatic heterocycles. The van der Waals surface area contributed by atoms with Crippen LogP contribution < -0.4 is 11.1 Å². The lowest BCUT2D eigenvalue weighted by Crippen LogP contribution is -1.94. The van der Waals surface area contributed by atoms with E-state index in [1.807, 2.05) is 0 Å². The van der Waals surface area contributed by atoms with Gasteiger partial charge in [0, 0.05) is 11.4 Å². The topological polar surface area (TPSA) is 38.0 Å². The van der Waals surface area contributed by atoms with Crippen LogP contribution in [-0.2, 0) is 0 Å². The Hall–Kier alpha value is -1.25. The minimum absolute atomic E-state index is 0.552. The second kappa shape index (κ2) is 3.06. The van der Waals surface area contributed by atoms with Gasteiger partial charge >= 0.3 is 0 Å². The molecule has 2 nitrogen and oxygen atoms in total. The summed E-state index contributed by atoms with van der Waals surface area (Å²) in [6, 6.07) is 6.90. The van der Waals surface area contributed by atoms with Crippen LogP contribution in [0.4, 0.5) is 15.8 Å². The van der Waals surface area contributed by atoms with E-state index in [1.54, 1.807) is 24.3 Å². The van der Waals surface area contributed by atoms with Gasteiger partial charge in [0.15, 0.2) is 6.80 Å². The number of hydrogen-bond donors (Lipinski definition) is 2. The van der Waals surface area contributed by atoms with Crippen LogP contribution in [0.2, 0.25) is 0 Å². The molecule has 3 heteroatoms. The minimum atomic E-state index is -0.552. The number of nitrogens with two attached hydrogens (primary N) is 1. The van der Waals surface area contributed by atoms with Gasteiger partial charge < -0.3 is 11.1 Å². The number of hydrogen-bond acceptors (Lipinski definition) is 2. The van der Waals surface area contributed by atoms with E-state index < -0.39 is 6.80 Å². The SMILES string of the molecule is Nc1ccc(NCF)cc1. The Balaban J connectivity index is 2.69. The van der Waals surface area contributed by atoms with Crippen LogP contribution in [-0.4, -0.2) is 6.80 Å². The molecule has 0 saturated carbocycles. The molecule has 0 atom stereocenters. The molecule has 0 aliphatic heterocycles. The zero-order valence-electron chi connectivity index (χ0n) is 5.47. The molecule has 0 amide bonds.